The molecule has 1 N–H and O–H groups in total. The van der Waals surface area contributed by atoms with Gasteiger partial charge >= 0.3 is 0 Å². The van der Waals surface area contributed by atoms with Crippen LogP contribution in [0, 0.1) is 0 Å². The predicted octanol–water partition coefficient (Wildman–Crippen LogP) is 6.14. The summed E-state index contributed by atoms with van der Waals surface area (Å²) >= 11 is 6.71. The van der Waals surface area contributed by atoms with Crippen molar-refractivity contribution in [1.82, 2.24) is 4.98 Å². The number of hydrogen-bond acceptors (Lipinski definition) is 2. The first-order valence-electron chi connectivity index (χ1n) is 8.86. The van der Waals surface area contributed by atoms with Gasteiger partial charge in [-0.05, 0) is 29.3 Å². The average molecular weight is 371 g/mol. The lowest BCUT2D eigenvalue weighted by atomic mass is 9.77. The molecule has 3 heteroatoms. The van der Waals surface area contributed by atoms with Crippen molar-refractivity contribution in [3.05, 3.63) is 131 Å². The third-order valence-corrected chi connectivity index (χ3v) is 5.00. The van der Waals surface area contributed by atoms with E-state index in [-0.39, 0.29) is 0 Å². The van der Waals surface area contributed by atoms with Gasteiger partial charge in [0.1, 0.15) is 11.4 Å². The topological polar surface area (TPSA) is 24.9 Å². The molecule has 4 aromatic rings. The van der Waals surface area contributed by atoms with Crippen LogP contribution in [0.1, 0.15) is 16.7 Å². The Morgan fingerprint density at radius 1 is 0.630 bits per heavy atom. The summed E-state index contributed by atoms with van der Waals surface area (Å²) in [6.45, 7) is 0. The summed E-state index contributed by atoms with van der Waals surface area (Å²) in [4.78, 5) is 4.52. The standard InChI is InChI=1S/C24H19ClN2/c25-22-16-8-7-15-21(22)24(19-11-3-1-4-12-19,20-13-5-2-6-14-20)27-23-17-9-10-18-26-23/h1-18H,(H,26,27). The molecule has 0 amide bonds. The number of nitrogens with zero attached hydrogens (tertiary/aromatic N) is 1. The van der Waals surface area contributed by atoms with Gasteiger partial charge < -0.3 is 5.32 Å². The van der Waals surface area contributed by atoms with Crippen LogP contribution in [0.3, 0.4) is 0 Å². The second-order valence-corrected chi connectivity index (χ2v) is 6.71. The Bertz CT molecular complexity index is 962. The molecular formula is C24H19ClN2. The Labute approximate surface area is 164 Å². The zero-order valence-electron chi connectivity index (χ0n) is 14.7. The summed E-state index contributed by atoms with van der Waals surface area (Å²) < 4.78 is 0. The van der Waals surface area contributed by atoms with Crippen molar-refractivity contribution in [3.63, 3.8) is 0 Å². The van der Waals surface area contributed by atoms with E-state index in [0.717, 1.165) is 22.5 Å². The maximum absolute atomic E-state index is 6.71. The number of anilines is 1. The van der Waals surface area contributed by atoms with Gasteiger partial charge in [-0.15, -0.1) is 0 Å². The quantitative estimate of drug-likeness (QED) is 0.427. The minimum absolute atomic E-state index is 0.671. The van der Waals surface area contributed by atoms with E-state index in [9.17, 15) is 0 Å². The van der Waals surface area contributed by atoms with E-state index in [0.29, 0.717) is 5.02 Å². The first kappa shape index (κ1) is 17.3. The summed E-state index contributed by atoms with van der Waals surface area (Å²) in [6, 6.07) is 34.5. The first-order valence-corrected chi connectivity index (χ1v) is 9.24. The molecule has 4 rings (SSSR count). The maximum atomic E-state index is 6.71. The summed E-state index contributed by atoms with van der Waals surface area (Å²) in [6.07, 6.45) is 1.79. The van der Waals surface area contributed by atoms with E-state index in [1.165, 1.54) is 0 Å². The van der Waals surface area contributed by atoms with E-state index in [1.54, 1.807) is 6.20 Å². The number of aromatic nitrogens is 1. The van der Waals surface area contributed by atoms with E-state index in [4.69, 9.17) is 11.6 Å². The van der Waals surface area contributed by atoms with Gasteiger partial charge in [0.25, 0.3) is 0 Å². The van der Waals surface area contributed by atoms with Crippen molar-refractivity contribution < 1.29 is 0 Å². The number of nitrogens with one attached hydrogen (secondary N) is 1. The lowest BCUT2D eigenvalue weighted by Gasteiger charge is -2.37. The van der Waals surface area contributed by atoms with E-state index in [1.807, 2.05) is 72.8 Å². The Kier molecular flexibility index (Phi) is 4.91. The maximum Gasteiger partial charge on any atom is 0.127 e. The zero-order valence-corrected chi connectivity index (χ0v) is 15.5. The average Bonchev–Trinajstić information content (AvgIpc) is 2.75. The molecule has 0 aliphatic carbocycles. The van der Waals surface area contributed by atoms with E-state index in [2.05, 4.69) is 40.6 Å². The molecule has 0 saturated heterocycles. The molecule has 0 spiro atoms. The van der Waals surface area contributed by atoms with Gasteiger partial charge in [0.15, 0.2) is 0 Å². The van der Waals surface area contributed by atoms with Crippen molar-refractivity contribution in [2.45, 2.75) is 5.54 Å². The Morgan fingerprint density at radius 2 is 1.19 bits per heavy atom. The SMILES string of the molecule is Clc1ccccc1C(Nc1ccccn1)(c1ccccc1)c1ccccc1. The number of rotatable bonds is 5. The molecule has 0 fully saturated rings. The summed E-state index contributed by atoms with van der Waals surface area (Å²) in [5.41, 5.74) is 2.49. The van der Waals surface area contributed by atoms with Crippen molar-refractivity contribution in [1.29, 1.82) is 0 Å². The highest BCUT2D eigenvalue weighted by atomic mass is 35.5. The van der Waals surface area contributed by atoms with E-state index < -0.39 is 5.54 Å². The number of pyridine rings is 1. The lowest BCUT2D eigenvalue weighted by Crippen LogP contribution is -2.38. The van der Waals surface area contributed by atoms with Crippen LogP contribution in [0.5, 0.6) is 0 Å². The third kappa shape index (κ3) is 3.32. The molecule has 2 nitrogen and oxygen atoms in total. The number of hydrogen-bond donors (Lipinski definition) is 1. The summed E-state index contributed by atoms with van der Waals surface area (Å²) in [5, 5.41) is 4.39. The van der Waals surface area contributed by atoms with Crippen molar-refractivity contribution in [2.75, 3.05) is 5.32 Å². The Hall–Kier alpha value is -3.10. The highest BCUT2D eigenvalue weighted by Gasteiger charge is 2.38. The van der Waals surface area contributed by atoms with Crippen LogP contribution < -0.4 is 5.32 Å². The number of halogens is 1. The van der Waals surface area contributed by atoms with Crippen LogP contribution in [-0.4, -0.2) is 4.98 Å². The second-order valence-electron chi connectivity index (χ2n) is 6.30. The van der Waals surface area contributed by atoms with Crippen LogP contribution in [0.2, 0.25) is 5.02 Å². The van der Waals surface area contributed by atoms with Crippen LogP contribution in [0.4, 0.5) is 5.82 Å². The molecule has 1 heterocycles. The molecule has 0 radical (unpaired) electrons. The largest absolute Gasteiger partial charge is 0.353 e. The fourth-order valence-electron chi connectivity index (χ4n) is 3.46. The van der Waals surface area contributed by atoms with Crippen LogP contribution >= 0.6 is 11.6 Å². The fourth-order valence-corrected chi connectivity index (χ4v) is 3.74. The van der Waals surface area contributed by atoms with Gasteiger partial charge in [-0.3, -0.25) is 0 Å². The van der Waals surface area contributed by atoms with Crippen molar-refractivity contribution in [3.8, 4) is 0 Å². The predicted molar refractivity (Wildman–Crippen MR) is 112 cm³/mol. The second kappa shape index (κ2) is 7.65. The van der Waals surface area contributed by atoms with Gasteiger partial charge in [0.2, 0.25) is 0 Å². The minimum atomic E-state index is -0.671. The molecule has 27 heavy (non-hydrogen) atoms. The van der Waals surface area contributed by atoms with E-state index >= 15 is 0 Å². The third-order valence-electron chi connectivity index (χ3n) is 4.67. The highest BCUT2D eigenvalue weighted by Crippen LogP contribution is 2.42. The monoisotopic (exact) mass is 370 g/mol. The molecule has 0 unspecified atom stereocenters. The first-order chi connectivity index (χ1) is 13.3. The molecule has 3 aromatic carbocycles. The van der Waals surface area contributed by atoms with Gasteiger partial charge in [0, 0.05) is 16.8 Å². The molecular weight excluding hydrogens is 352 g/mol. The molecule has 0 saturated carbocycles. The number of benzene rings is 3. The molecule has 132 valence electrons. The normalized spacial score (nSPS) is 11.1. The van der Waals surface area contributed by atoms with Crippen LogP contribution in [0.25, 0.3) is 0 Å². The van der Waals surface area contributed by atoms with Crippen LogP contribution in [-0.2, 0) is 5.54 Å². The van der Waals surface area contributed by atoms with Gasteiger partial charge in [-0.1, -0.05) is 96.5 Å². The molecule has 0 atom stereocenters. The molecule has 0 aliphatic heterocycles. The Morgan fingerprint density at radius 3 is 1.74 bits per heavy atom. The van der Waals surface area contributed by atoms with Crippen molar-refractivity contribution in [2.24, 2.45) is 0 Å². The van der Waals surface area contributed by atoms with Crippen LogP contribution in [0.15, 0.2) is 109 Å². The molecule has 1 aromatic heterocycles. The molecule has 0 bridgehead atoms. The lowest BCUT2D eigenvalue weighted by molar-refractivity contribution is 0.707. The minimum Gasteiger partial charge on any atom is -0.353 e. The highest BCUT2D eigenvalue weighted by molar-refractivity contribution is 6.31. The van der Waals surface area contributed by atoms with Gasteiger partial charge in [-0.25, -0.2) is 4.98 Å². The summed E-state index contributed by atoms with van der Waals surface area (Å²) in [7, 11) is 0. The van der Waals surface area contributed by atoms with Gasteiger partial charge in [0.05, 0.1) is 0 Å². The van der Waals surface area contributed by atoms with Crippen molar-refractivity contribution >= 4 is 17.4 Å². The van der Waals surface area contributed by atoms with Gasteiger partial charge in [-0.2, -0.15) is 0 Å². The Balaban J connectivity index is 2.04. The smallest absolute Gasteiger partial charge is 0.127 e. The summed E-state index contributed by atoms with van der Waals surface area (Å²) in [5.74, 6) is 0.783. The molecule has 0 aliphatic rings. The fraction of sp³-hybridized carbons (Fsp3) is 0.0417. The zero-order chi connectivity index (χ0) is 18.5.